The first-order valence-corrected chi connectivity index (χ1v) is 5.78. The molecule has 84 valence electrons. The van der Waals surface area contributed by atoms with E-state index in [2.05, 4.69) is 77.9 Å². The van der Waals surface area contributed by atoms with Crippen LogP contribution in [0.4, 0.5) is 0 Å². The van der Waals surface area contributed by atoms with Crippen LogP contribution in [0.3, 0.4) is 0 Å². The molecular formula is C15H15N2+. The van der Waals surface area contributed by atoms with Crippen LogP contribution < -0.4 is 4.57 Å². The number of fused-ring (bicyclic) bond motifs is 1. The smallest absolute Gasteiger partial charge is 0.229 e. The van der Waals surface area contributed by atoms with E-state index in [1.54, 1.807) is 0 Å². The Morgan fingerprint density at radius 1 is 1.06 bits per heavy atom. The lowest BCUT2D eigenvalue weighted by atomic mass is 10.1. The van der Waals surface area contributed by atoms with Gasteiger partial charge in [0.15, 0.2) is 6.20 Å². The minimum Gasteiger partial charge on any atom is -0.312 e. The minimum atomic E-state index is 1.21. The molecule has 0 unspecified atom stereocenters. The first kappa shape index (κ1) is 10.1. The van der Waals surface area contributed by atoms with Crippen LogP contribution in [0.15, 0.2) is 55.0 Å². The fourth-order valence-corrected chi connectivity index (χ4v) is 2.24. The molecule has 0 amide bonds. The van der Waals surface area contributed by atoms with E-state index in [1.807, 2.05) is 0 Å². The zero-order valence-corrected chi connectivity index (χ0v) is 10.1. The van der Waals surface area contributed by atoms with Crippen molar-refractivity contribution in [3.8, 4) is 11.3 Å². The van der Waals surface area contributed by atoms with Gasteiger partial charge in [0.2, 0.25) is 5.69 Å². The molecule has 0 aliphatic carbocycles. The van der Waals surface area contributed by atoms with E-state index in [4.69, 9.17) is 0 Å². The van der Waals surface area contributed by atoms with Gasteiger partial charge in [-0.3, -0.25) is 0 Å². The summed E-state index contributed by atoms with van der Waals surface area (Å²) in [6.45, 7) is 2.15. The van der Waals surface area contributed by atoms with E-state index in [1.165, 1.54) is 22.3 Å². The van der Waals surface area contributed by atoms with E-state index in [9.17, 15) is 0 Å². The summed E-state index contributed by atoms with van der Waals surface area (Å²) in [6, 6.07) is 12.7. The summed E-state index contributed by atoms with van der Waals surface area (Å²) in [5.41, 5.74) is 5.02. The Labute approximate surface area is 101 Å². The number of rotatable bonds is 1. The Morgan fingerprint density at radius 2 is 1.88 bits per heavy atom. The van der Waals surface area contributed by atoms with E-state index >= 15 is 0 Å². The van der Waals surface area contributed by atoms with Crippen LogP contribution in [0.2, 0.25) is 0 Å². The van der Waals surface area contributed by atoms with Crippen molar-refractivity contribution in [2.24, 2.45) is 7.05 Å². The van der Waals surface area contributed by atoms with Gasteiger partial charge < -0.3 is 4.40 Å². The van der Waals surface area contributed by atoms with Crippen LogP contribution in [0.25, 0.3) is 16.8 Å². The third kappa shape index (κ3) is 1.62. The van der Waals surface area contributed by atoms with Crippen molar-refractivity contribution in [2.45, 2.75) is 6.92 Å². The molecule has 0 atom stereocenters. The lowest BCUT2D eigenvalue weighted by Gasteiger charge is -2.04. The molecule has 3 rings (SSSR count). The molecule has 0 aliphatic rings. The molecule has 2 heterocycles. The third-order valence-corrected chi connectivity index (χ3v) is 3.20. The lowest BCUT2D eigenvalue weighted by Crippen LogP contribution is -2.31. The number of nitrogens with zero attached hydrogens (tertiary/aromatic N) is 2. The van der Waals surface area contributed by atoms with Crippen molar-refractivity contribution in [3.63, 3.8) is 0 Å². The summed E-state index contributed by atoms with van der Waals surface area (Å²) in [5, 5.41) is 0. The summed E-state index contributed by atoms with van der Waals surface area (Å²) in [4.78, 5) is 0. The Morgan fingerprint density at radius 3 is 2.71 bits per heavy atom. The molecule has 2 nitrogen and oxygen atoms in total. The van der Waals surface area contributed by atoms with Crippen molar-refractivity contribution < 1.29 is 4.57 Å². The van der Waals surface area contributed by atoms with E-state index in [0.717, 1.165) is 0 Å². The molecule has 0 spiro atoms. The molecule has 0 saturated heterocycles. The predicted molar refractivity (Wildman–Crippen MR) is 68.7 cm³/mol. The fraction of sp³-hybridized carbons (Fsp3) is 0.133. The van der Waals surface area contributed by atoms with Crippen LogP contribution >= 0.6 is 0 Å². The topological polar surface area (TPSA) is 8.29 Å². The van der Waals surface area contributed by atoms with Gasteiger partial charge in [-0.25, -0.2) is 0 Å². The van der Waals surface area contributed by atoms with E-state index < -0.39 is 0 Å². The highest BCUT2D eigenvalue weighted by molar-refractivity contribution is 5.61. The van der Waals surface area contributed by atoms with Crippen molar-refractivity contribution >= 4 is 5.52 Å². The highest BCUT2D eigenvalue weighted by Gasteiger charge is 2.13. The summed E-state index contributed by atoms with van der Waals surface area (Å²) < 4.78 is 4.33. The molecule has 1 aromatic carbocycles. The second kappa shape index (κ2) is 3.74. The highest BCUT2D eigenvalue weighted by Crippen LogP contribution is 2.19. The van der Waals surface area contributed by atoms with Crippen LogP contribution in [-0.2, 0) is 7.05 Å². The van der Waals surface area contributed by atoms with Crippen molar-refractivity contribution in [3.05, 3.63) is 60.6 Å². The maximum absolute atomic E-state index is 2.18. The maximum Gasteiger partial charge on any atom is 0.229 e. The molecule has 2 heteroatoms. The molecular weight excluding hydrogens is 208 g/mol. The van der Waals surface area contributed by atoms with Crippen LogP contribution in [0.5, 0.6) is 0 Å². The molecule has 0 fully saturated rings. The second-order valence-electron chi connectivity index (χ2n) is 4.41. The van der Waals surface area contributed by atoms with Crippen LogP contribution in [0, 0.1) is 6.92 Å². The highest BCUT2D eigenvalue weighted by atomic mass is 15.0. The van der Waals surface area contributed by atoms with Gasteiger partial charge in [0.25, 0.3) is 0 Å². The third-order valence-electron chi connectivity index (χ3n) is 3.20. The van der Waals surface area contributed by atoms with Gasteiger partial charge in [-0.05, 0) is 30.7 Å². The van der Waals surface area contributed by atoms with Crippen molar-refractivity contribution in [2.75, 3.05) is 0 Å². The van der Waals surface area contributed by atoms with Gasteiger partial charge >= 0.3 is 0 Å². The average molecular weight is 223 g/mol. The molecule has 0 saturated carbocycles. The molecule has 17 heavy (non-hydrogen) atoms. The number of aryl methyl sites for hydroxylation is 2. The van der Waals surface area contributed by atoms with E-state index in [-0.39, 0.29) is 0 Å². The largest absolute Gasteiger partial charge is 0.312 e. The number of benzene rings is 1. The maximum atomic E-state index is 2.18. The molecule has 0 N–H and O–H groups in total. The van der Waals surface area contributed by atoms with Crippen molar-refractivity contribution in [1.29, 1.82) is 0 Å². The minimum absolute atomic E-state index is 1.21. The number of aromatic nitrogens is 2. The van der Waals surface area contributed by atoms with Crippen LogP contribution in [0.1, 0.15) is 5.56 Å². The summed E-state index contributed by atoms with van der Waals surface area (Å²) >= 11 is 0. The zero-order valence-electron chi connectivity index (χ0n) is 10.1. The van der Waals surface area contributed by atoms with Gasteiger partial charge in [-0.15, -0.1) is 0 Å². The zero-order chi connectivity index (χ0) is 11.8. The Hall–Kier alpha value is -2.09. The summed E-state index contributed by atoms with van der Waals surface area (Å²) in [5.74, 6) is 0. The Balaban J connectivity index is 2.30. The second-order valence-corrected chi connectivity index (χ2v) is 4.41. The van der Waals surface area contributed by atoms with Gasteiger partial charge in [0, 0.05) is 6.20 Å². The van der Waals surface area contributed by atoms with E-state index in [0.29, 0.717) is 0 Å². The normalized spacial score (nSPS) is 10.9. The lowest BCUT2D eigenvalue weighted by molar-refractivity contribution is -0.659. The van der Waals surface area contributed by atoms with Gasteiger partial charge in [-0.1, -0.05) is 18.2 Å². The molecule has 3 aromatic rings. The summed E-state index contributed by atoms with van der Waals surface area (Å²) in [7, 11) is 2.09. The predicted octanol–water partition coefficient (Wildman–Crippen LogP) is 2.74. The number of hydrogen-bond donors (Lipinski definition) is 0. The SMILES string of the molecule is Cc1ccccc1-c1cn2cccc2c[n+]1C. The molecule has 0 aliphatic heterocycles. The van der Waals surface area contributed by atoms with Gasteiger partial charge in [0.1, 0.15) is 12.6 Å². The van der Waals surface area contributed by atoms with Crippen LogP contribution in [-0.4, -0.2) is 4.40 Å². The van der Waals surface area contributed by atoms with Gasteiger partial charge in [0.05, 0.1) is 11.8 Å². The first-order valence-electron chi connectivity index (χ1n) is 5.78. The summed E-state index contributed by atoms with van der Waals surface area (Å²) in [6.07, 6.45) is 6.41. The van der Waals surface area contributed by atoms with Gasteiger partial charge in [-0.2, -0.15) is 4.57 Å². The Kier molecular flexibility index (Phi) is 2.22. The Bertz CT molecular complexity index is 680. The molecule has 0 radical (unpaired) electrons. The average Bonchev–Trinajstić information content (AvgIpc) is 2.76. The number of hydrogen-bond acceptors (Lipinski definition) is 0. The standard InChI is InChI=1S/C15H15N2/c1-12-6-3-4-8-14(12)15-11-17-9-5-7-13(17)10-16(15)2/h3-11H,1-2H3/q+1. The van der Waals surface area contributed by atoms with Crippen molar-refractivity contribution in [1.82, 2.24) is 4.40 Å². The molecule has 0 bridgehead atoms. The molecule has 2 aromatic heterocycles. The quantitative estimate of drug-likeness (QED) is 0.561. The fourth-order valence-electron chi connectivity index (χ4n) is 2.24. The first-order chi connectivity index (χ1) is 8.25. The monoisotopic (exact) mass is 223 g/mol.